The lowest BCUT2D eigenvalue weighted by Gasteiger charge is -2.14. The molecule has 4 heteroatoms. The number of aryl methyl sites for hydroxylation is 1. The molecule has 2 aromatic carbocycles. The Hall–Kier alpha value is -2.62. The quantitative estimate of drug-likeness (QED) is 0.654. The number of nitrogens with one attached hydrogen (secondary N) is 1. The van der Waals surface area contributed by atoms with Crippen molar-refractivity contribution >= 4 is 12.1 Å². The second-order valence-corrected chi connectivity index (χ2v) is 5.69. The first kappa shape index (κ1) is 16.7. The molecule has 0 aromatic heterocycles. The van der Waals surface area contributed by atoms with Crippen molar-refractivity contribution in [3.05, 3.63) is 65.2 Å². The normalized spacial score (nSPS) is 11.0. The Balaban J connectivity index is 1.90. The largest absolute Gasteiger partial charge is 0.483 e. The number of amides is 1. The van der Waals surface area contributed by atoms with Crippen LogP contribution in [0.4, 0.5) is 0 Å². The van der Waals surface area contributed by atoms with Crippen molar-refractivity contribution in [2.75, 3.05) is 6.61 Å². The number of ether oxygens (including phenoxy) is 1. The maximum Gasteiger partial charge on any atom is 0.277 e. The summed E-state index contributed by atoms with van der Waals surface area (Å²) in [7, 11) is 0. The summed E-state index contributed by atoms with van der Waals surface area (Å²) >= 11 is 0. The minimum absolute atomic E-state index is 0.0602. The lowest BCUT2D eigenvalue weighted by molar-refractivity contribution is -0.123. The van der Waals surface area contributed by atoms with Gasteiger partial charge in [0.05, 0.1) is 6.21 Å². The average molecular weight is 310 g/mol. The summed E-state index contributed by atoms with van der Waals surface area (Å²) in [5.41, 5.74) is 5.59. The van der Waals surface area contributed by atoms with E-state index in [-0.39, 0.29) is 12.5 Å². The summed E-state index contributed by atoms with van der Waals surface area (Å²) in [6, 6.07) is 15.6. The molecule has 0 heterocycles. The molecule has 0 fully saturated rings. The molecule has 23 heavy (non-hydrogen) atoms. The van der Waals surface area contributed by atoms with E-state index in [0.717, 1.165) is 22.4 Å². The number of hydrogen-bond acceptors (Lipinski definition) is 3. The van der Waals surface area contributed by atoms with Crippen LogP contribution < -0.4 is 10.2 Å². The number of hydrogen-bond donors (Lipinski definition) is 1. The molecule has 2 aromatic rings. The van der Waals surface area contributed by atoms with Crippen LogP contribution in [-0.4, -0.2) is 18.7 Å². The van der Waals surface area contributed by atoms with Gasteiger partial charge in [0.15, 0.2) is 6.61 Å². The Labute approximate surface area is 137 Å². The fourth-order valence-corrected chi connectivity index (χ4v) is 2.14. The molecular formula is C19H22N2O2. The van der Waals surface area contributed by atoms with Crippen LogP contribution in [0.2, 0.25) is 0 Å². The van der Waals surface area contributed by atoms with Crippen LogP contribution in [0.1, 0.15) is 36.5 Å². The van der Waals surface area contributed by atoms with E-state index in [2.05, 4.69) is 24.4 Å². The molecule has 0 unspecified atom stereocenters. The van der Waals surface area contributed by atoms with Gasteiger partial charge in [-0.15, -0.1) is 0 Å². The number of carbonyl (C=O) groups excluding carboxylic acids is 1. The van der Waals surface area contributed by atoms with E-state index >= 15 is 0 Å². The van der Waals surface area contributed by atoms with Gasteiger partial charge in [-0.2, -0.15) is 5.10 Å². The van der Waals surface area contributed by atoms with Crippen molar-refractivity contribution in [3.63, 3.8) is 0 Å². The van der Waals surface area contributed by atoms with Gasteiger partial charge in [-0.3, -0.25) is 4.79 Å². The van der Waals surface area contributed by atoms with Gasteiger partial charge < -0.3 is 4.74 Å². The van der Waals surface area contributed by atoms with Crippen molar-refractivity contribution in [1.29, 1.82) is 0 Å². The Kier molecular flexibility index (Phi) is 5.92. The van der Waals surface area contributed by atoms with Crippen molar-refractivity contribution in [3.8, 4) is 5.75 Å². The summed E-state index contributed by atoms with van der Waals surface area (Å²) in [6.07, 6.45) is 1.60. The van der Waals surface area contributed by atoms with E-state index in [1.807, 2.05) is 55.5 Å². The molecule has 1 amide bonds. The fourth-order valence-electron chi connectivity index (χ4n) is 2.14. The number of carbonyl (C=O) groups is 1. The third-order valence-electron chi connectivity index (χ3n) is 3.35. The van der Waals surface area contributed by atoms with Crippen molar-refractivity contribution in [2.24, 2.45) is 5.10 Å². The predicted octanol–water partition coefficient (Wildman–Crippen LogP) is 3.65. The second kappa shape index (κ2) is 8.13. The lowest BCUT2D eigenvalue weighted by atomic mass is 10.0. The summed E-state index contributed by atoms with van der Waals surface area (Å²) < 4.78 is 5.66. The van der Waals surface area contributed by atoms with Crippen LogP contribution in [-0.2, 0) is 4.79 Å². The maximum atomic E-state index is 11.8. The molecular weight excluding hydrogens is 288 g/mol. The number of nitrogens with zero attached hydrogens (tertiary/aromatic N) is 1. The van der Waals surface area contributed by atoms with Gasteiger partial charge in [-0.1, -0.05) is 56.3 Å². The van der Waals surface area contributed by atoms with Crippen LogP contribution in [0, 0.1) is 6.92 Å². The molecule has 0 aliphatic rings. The van der Waals surface area contributed by atoms with Gasteiger partial charge in [0.2, 0.25) is 0 Å². The minimum atomic E-state index is -0.284. The minimum Gasteiger partial charge on any atom is -0.483 e. The van der Waals surface area contributed by atoms with Gasteiger partial charge in [0, 0.05) is 0 Å². The Morgan fingerprint density at radius 1 is 1.22 bits per heavy atom. The highest BCUT2D eigenvalue weighted by atomic mass is 16.5. The third kappa shape index (κ3) is 5.25. The summed E-state index contributed by atoms with van der Waals surface area (Å²) in [4.78, 5) is 11.8. The first-order valence-corrected chi connectivity index (χ1v) is 7.66. The van der Waals surface area contributed by atoms with E-state index in [4.69, 9.17) is 4.74 Å². The molecule has 0 saturated carbocycles. The number of benzene rings is 2. The zero-order chi connectivity index (χ0) is 16.7. The fraction of sp³-hybridized carbons (Fsp3) is 0.263. The van der Waals surface area contributed by atoms with Crippen LogP contribution in [0.15, 0.2) is 53.6 Å². The highest BCUT2D eigenvalue weighted by Gasteiger charge is 2.09. The zero-order valence-corrected chi connectivity index (χ0v) is 13.7. The van der Waals surface area contributed by atoms with Crippen LogP contribution in [0.5, 0.6) is 5.75 Å². The molecule has 4 nitrogen and oxygen atoms in total. The van der Waals surface area contributed by atoms with Gasteiger partial charge in [-0.05, 0) is 35.6 Å². The topological polar surface area (TPSA) is 50.7 Å². The average Bonchev–Trinajstić information content (AvgIpc) is 2.53. The van der Waals surface area contributed by atoms with E-state index in [1.54, 1.807) is 6.21 Å². The van der Waals surface area contributed by atoms with Gasteiger partial charge in [-0.25, -0.2) is 5.43 Å². The Morgan fingerprint density at radius 2 is 1.96 bits per heavy atom. The SMILES string of the molecule is Cc1ccc(C(C)C)c(OCC(=O)NN=Cc2ccccc2)c1. The molecule has 0 spiro atoms. The van der Waals surface area contributed by atoms with Crippen LogP contribution >= 0.6 is 0 Å². The van der Waals surface area contributed by atoms with Gasteiger partial charge >= 0.3 is 0 Å². The summed E-state index contributed by atoms with van der Waals surface area (Å²) in [5.74, 6) is 0.806. The summed E-state index contributed by atoms with van der Waals surface area (Å²) in [6.45, 7) is 6.14. The van der Waals surface area contributed by atoms with Crippen molar-refractivity contribution < 1.29 is 9.53 Å². The Morgan fingerprint density at radius 3 is 2.65 bits per heavy atom. The first-order chi connectivity index (χ1) is 11.1. The molecule has 0 atom stereocenters. The molecule has 0 radical (unpaired) electrons. The molecule has 0 aliphatic heterocycles. The molecule has 2 rings (SSSR count). The number of rotatable bonds is 6. The van der Waals surface area contributed by atoms with E-state index in [1.165, 1.54) is 0 Å². The van der Waals surface area contributed by atoms with E-state index in [9.17, 15) is 4.79 Å². The van der Waals surface area contributed by atoms with Crippen molar-refractivity contribution in [2.45, 2.75) is 26.7 Å². The molecule has 120 valence electrons. The van der Waals surface area contributed by atoms with E-state index < -0.39 is 0 Å². The monoisotopic (exact) mass is 310 g/mol. The van der Waals surface area contributed by atoms with Gasteiger partial charge in [0.25, 0.3) is 5.91 Å². The second-order valence-electron chi connectivity index (χ2n) is 5.69. The van der Waals surface area contributed by atoms with Crippen LogP contribution in [0.3, 0.4) is 0 Å². The van der Waals surface area contributed by atoms with Crippen LogP contribution in [0.25, 0.3) is 0 Å². The van der Waals surface area contributed by atoms with Gasteiger partial charge in [0.1, 0.15) is 5.75 Å². The number of hydrazone groups is 1. The van der Waals surface area contributed by atoms with E-state index in [0.29, 0.717) is 5.92 Å². The first-order valence-electron chi connectivity index (χ1n) is 7.66. The molecule has 0 aliphatic carbocycles. The zero-order valence-electron chi connectivity index (χ0n) is 13.7. The molecule has 0 bridgehead atoms. The molecule has 0 saturated heterocycles. The van der Waals surface area contributed by atoms with Crippen molar-refractivity contribution in [1.82, 2.24) is 5.43 Å². The maximum absolute atomic E-state index is 11.8. The third-order valence-corrected chi connectivity index (χ3v) is 3.35. The Bertz CT molecular complexity index is 679. The highest BCUT2D eigenvalue weighted by molar-refractivity contribution is 5.82. The smallest absolute Gasteiger partial charge is 0.277 e. The lowest BCUT2D eigenvalue weighted by Crippen LogP contribution is -2.25. The standard InChI is InChI=1S/C19H22N2O2/c1-14(2)17-10-9-15(3)11-18(17)23-13-19(22)21-20-12-16-7-5-4-6-8-16/h4-12,14H,13H2,1-3H3,(H,21,22). The highest BCUT2D eigenvalue weighted by Crippen LogP contribution is 2.27. The summed E-state index contributed by atoms with van der Waals surface area (Å²) in [5, 5.41) is 3.92. The molecule has 1 N–H and O–H groups in total. The predicted molar refractivity (Wildman–Crippen MR) is 92.9 cm³/mol.